The molecule has 2 aromatic carbocycles. The highest BCUT2D eigenvalue weighted by Gasteiger charge is 2.32. The average Bonchev–Trinajstić information content (AvgIpc) is 3.56. The van der Waals surface area contributed by atoms with E-state index in [-0.39, 0.29) is 24.0 Å². The van der Waals surface area contributed by atoms with Crippen molar-refractivity contribution in [3.63, 3.8) is 0 Å². The fourth-order valence-corrected chi connectivity index (χ4v) is 6.02. The van der Waals surface area contributed by atoms with Gasteiger partial charge in [-0.2, -0.15) is 0 Å². The summed E-state index contributed by atoms with van der Waals surface area (Å²) in [6.07, 6.45) is 13.0. The molecule has 0 heterocycles. The van der Waals surface area contributed by atoms with E-state index in [4.69, 9.17) is 14.3 Å². The maximum absolute atomic E-state index is 13.2. The van der Waals surface area contributed by atoms with E-state index in [9.17, 15) is 9.59 Å². The molecule has 0 radical (unpaired) electrons. The van der Waals surface area contributed by atoms with Crippen molar-refractivity contribution < 1.29 is 23.9 Å². The first-order valence-corrected chi connectivity index (χ1v) is 16.9. The molecule has 2 aliphatic rings. The first-order valence-electron chi connectivity index (χ1n) is 16.9. The number of rotatable bonds is 17. The third-order valence-electron chi connectivity index (χ3n) is 8.54. The average molecular weight is 620 g/mol. The van der Waals surface area contributed by atoms with Gasteiger partial charge in [-0.05, 0) is 85.6 Å². The molecule has 8 heteroatoms. The summed E-state index contributed by atoms with van der Waals surface area (Å²) < 4.78 is 11.4. The third kappa shape index (κ3) is 12.7. The second-order valence-electron chi connectivity index (χ2n) is 13.0. The van der Waals surface area contributed by atoms with Crippen molar-refractivity contribution in [1.29, 1.82) is 0 Å². The number of nitrogens with one attached hydrogen (secondary N) is 3. The lowest BCUT2D eigenvalue weighted by Crippen LogP contribution is -2.45. The highest BCUT2D eigenvalue weighted by Crippen LogP contribution is 2.29. The van der Waals surface area contributed by atoms with Crippen LogP contribution in [0, 0.1) is 11.8 Å². The molecule has 0 aliphatic heterocycles. The second-order valence-corrected chi connectivity index (χ2v) is 13.0. The summed E-state index contributed by atoms with van der Waals surface area (Å²) in [6.45, 7) is 8.53. The molecular formula is C37H53N3O5. The predicted molar refractivity (Wildman–Crippen MR) is 177 cm³/mol. The maximum Gasteiger partial charge on any atom is 0.323 e. The summed E-state index contributed by atoms with van der Waals surface area (Å²) in [7, 11) is 0. The normalized spacial score (nSPS) is 17.5. The van der Waals surface area contributed by atoms with Crippen LogP contribution in [0.15, 0.2) is 54.6 Å². The Morgan fingerprint density at radius 2 is 1.51 bits per heavy atom. The molecule has 4 rings (SSSR count). The summed E-state index contributed by atoms with van der Waals surface area (Å²) in [5.74, 6) is 0.361. The van der Waals surface area contributed by atoms with E-state index in [1.807, 2.05) is 12.1 Å². The summed E-state index contributed by atoms with van der Waals surface area (Å²) in [6, 6.07) is 16.4. The van der Waals surface area contributed by atoms with Gasteiger partial charge >= 0.3 is 5.97 Å². The number of hydroxylamine groups is 1. The van der Waals surface area contributed by atoms with Gasteiger partial charge in [-0.25, -0.2) is 10.3 Å². The molecule has 3 N–H and O–H groups in total. The van der Waals surface area contributed by atoms with E-state index in [0.717, 1.165) is 56.2 Å². The summed E-state index contributed by atoms with van der Waals surface area (Å²) in [4.78, 5) is 30.5. The van der Waals surface area contributed by atoms with E-state index >= 15 is 0 Å². The van der Waals surface area contributed by atoms with Gasteiger partial charge in [-0.3, -0.25) is 9.59 Å². The van der Waals surface area contributed by atoms with Crippen LogP contribution in [-0.2, 0) is 43.5 Å². The van der Waals surface area contributed by atoms with Crippen molar-refractivity contribution in [2.45, 2.75) is 117 Å². The molecule has 45 heavy (non-hydrogen) atoms. The molecule has 2 saturated carbocycles. The van der Waals surface area contributed by atoms with Gasteiger partial charge in [0.25, 0.3) is 5.91 Å². The van der Waals surface area contributed by atoms with Gasteiger partial charge in [-0.1, -0.05) is 81.6 Å². The third-order valence-corrected chi connectivity index (χ3v) is 8.54. The molecule has 2 aromatic rings. The summed E-state index contributed by atoms with van der Waals surface area (Å²) in [5, 5.41) is 7.08. The van der Waals surface area contributed by atoms with E-state index in [1.165, 1.54) is 36.5 Å². The van der Waals surface area contributed by atoms with Crippen molar-refractivity contribution in [3.8, 4) is 0 Å². The number of ether oxygens (including phenoxy) is 2. The highest BCUT2D eigenvalue weighted by atomic mass is 16.8. The Labute approximate surface area is 269 Å². The lowest BCUT2D eigenvalue weighted by molar-refractivity contribution is -0.180. The van der Waals surface area contributed by atoms with Crippen LogP contribution in [-0.4, -0.2) is 36.9 Å². The van der Waals surface area contributed by atoms with Crippen molar-refractivity contribution in [2.75, 3.05) is 6.61 Å². The van der Waals surface area contributed by atoms with Crippen LogP contribution in [0.2, 0.25) is 0 Å². The van der Waals surface area contributed by atoms with Gasteiger partial charge in [0.15, 0.2) is 6.29 Å². The van der Waals surface area contributed by atoms with Gasteiger partial charge in [0.2, 0.25) is 0 Å². The second kappa shape index (κ2) is 18.8. The zero-order valence-electron chi connectivity index (χ0n) is 27.4. The molecule has 1 amide bonds. The Balaban J connectivity index is 1.19. The van der Waals surface area contributed by atoms with Crippen LogP contribution in [0.4, 0.5) is 0 Å². The number of carbonyl (C=O) groups excluding carboxylic acids is 2. The zero-order chi connectivity index (χ0) is 31.9. The Hall–Kier alpha value is -3.04. The molecule has 8 nitrogen and oxygen atoms in total. The van der Waals surface area contributed by atoms with Crippen molar-refractivity contribution in [2.24, 2.45) is 11.8 Å². The van der Waals surface area contributed by atoms with Gasteiger partial charge < -0.3 is 20.1 Å². The summed E-state index contributed by atoms with van der Waals surface area (Å²) >= 11 is 0. The zero-order valence-corrected chi connectivity index (χ0v) is 27.4. The maximum atomic E-state index is 13.2. The van der Waals surface area contributed by atoms with E-state index < -0.39 is 6.29 Å². The smallest absolute Gasteiger partial charge is 0.323 e. The van der Waals surface area contributed by atoms with Gasteiger partial charge in [0.1, 0.15) is 12.1 Å². The molecule has 1 unspecified atom stereocenters. The number of esters is 1. The number of hydrogen-bond donors (Lipinski definition) is 3. The highest BCUT2D eigenvalue weighted by molar-refractivity contribution is 5.90. The van der Waals surface area contributed by atoms with Crippen LogP contribution in [0.1, 0.15) is 101 Å². The van der Waals surface area contributed by atoms with Gasteiger partial charge in [0.05, 0.1) is 6.61 Å². The lowest BCUT2D eigenvalue weighted by Gasteiger charge is -2.30. The van der Waals surface area contributed by atoms with Crippen LogP contribution < -0.4 is 16.1 Å². The minimum atomic E-state index is -0.512. The van der Waals surface area contributed by atoms with E-state index in [2.05, 4.69) is 66.4 Å². The molecule has 0 spiro atoms. The fourth-order valence-electron chi connectivity index (χ4n) is 6.02. The quantitative estimate of drug-likeness (QED) is 0.0797. The standard InChI is InChI=1S/C37H53N3O5/c1-27(2)26-43-28(3)45-40-35(41)21-20-29-10-9-11-32(22-29)24-38-23-30-16-18-31(19-17-30)25-39-36(33-12-5-4-6-13-33)37(42)44-34-14-7-8-15-34/h9-11,16-22,27-28,33-34,36,38-39H,4-8,12-15,23-26H2,1-3H3,(H,40,41)/b21-20+/t28?,36-/m0/s1. The Morgan fingerprint density at radius 3 is 2.22 bits per heavy atom. The molecule has 2 fully saturated rings. The Bertz CT molecular complexity index is 1200. The Morgan fingerprint density at radius 1 is 0.844 bits per heavy atom. The fraction of sp³-hybridized carbons (Fsp3) is 0.568. The van der Waals surface area contributed by atoms with Gasteiger partial charge in [0, 0.05) is 25.7 Å². The first kappa shape index (κ1) is 34.8. The molecule has 2 aliphatic carbocycles. The predicted octanol–water partition coefficient (Wildman–Crippen LogP) is 6.58. The number of amides is 1. The molecule has 2 atom stereocenters. The largest absolute Gasteiger partial charge is 0.461 e. The monoisotopic (exact) mass is 619 g/mol. The first-order chi connectivity index (χ1) is 21.9. The van der Waals surface area contributed by atoms with Crippen LogP contribution >= 0.6 is 0 Å². The van der Waals surface area contributed by atoms with E-state index in [0.29, 0.717) is 31.5 Å². The molecule has 246 valence electrons. The summed E-state index contributed by atoms with van der Waals surface area (Å²) in [5.41, 5.74) is 6.83. The van der Waals surface area contributed by atoms with Crippen LogP contribution in [0.3, 0.4) is 0 Å². The minimum absolute atomic E-state index is 0.0521. The molecule has 0 aromatic heterocycles. The number of benzene rings is 2. The topological polar surface area (TPSA) is 97.9 Å². The SMILES string of the molecule is CC(C)COC(C)ONC(=O)/C=C/c1cccc(CNCc2ccc(CN[C@H](C(=O)OC3CCCC3)C3CCCCC3)cc2)c1. The number of carbonyl (C=O) groups is 2. The molecule has 0 saturated heterocycles. The molecular weight excluding hydrogens is 566 g/mol. The van der Waals surface area contributed by atoms with Crippen LogP contribution in [0.5, 0.6) is 0 Å². The van der Waals surface area contributed by atoms with E-state index in [1.54, 1.807) is 13.0 Å². The Kier molecular flexibility index (Phi) is 14.6. The van der Waals surface area contributed by atoms with Crippen LogP contribution in [0.25, 0.3) is 6.08 Å². The lowest BCUT2D eigenvalue weighted by atomic mass is 9.83. The van der Waals surface area contributed by atoms with Gasteiger partial charge in [-0.15, -0.1) is 0 Å². The van der Waals surface area contributed by atoms with Crippen molar-refractivity contribution in [3.05, 3.63) is 76.9 Å². The van der Waals surface area contributed by atoms with Crippen molar-refractivity contribution >= 4 is 18.0 Å². The minimum Gasteiger partial charge on any atom is -0.461 e. The van der Waals surface area contributed by atoms with Crippen molar-refractivity contribution in [1.82, 2.24) is 16.1 Å². The number of hydrogen-bond acceptors (Lipinski definition) is 7. The molecule has 0 bridgehead atoms.